The minimum absolute atomic E-state index is 0.0746. The number of hydrogen-bond donors (Lipinski definition) is 1. The topological polar surface area (TPSA) is 77.0 Å². The molecule has 1 aliphatic rings. The molecule has 0 spiro atoms. The van der Waals surface area contributed by atoms with Crippen LogP contribution in [-0.2, 0) is 11.8 Å². The highest BCUT2D eigenvalue weighted by atomic mass is 16.2. The number of amides is 1. The summed E-state index contributed by atoms with van der Waals surface area (Å²) in [6, 6.07) is -0.381. The maximum Gasteiger partial charge on any atom is 0.239 e. The largest absolute Gasteiger partial charge is 0.341 e. The summed E-state index contributed by atoms with van der Waals surface area (Å²) in [6.07, 6.45) is 4.50. The standard InChI is InChI=1S/C14H25N5O/c1-10(2)7-12(15)14(20)19-6-4-5-11(8-19)13-17-16-9-18(13)3/h9-12H,4-8,15H2,1-3H3/t11?,12-/m0/s1. The first-order valence-corrected chi connectivity index (χ1v) is 7.37. The van der Waals surface area contributed by atoms with Crippen molar-refractivity contribution in [1.29, 1.82) is 0 Å². The van der Waals surface area contributed by atoms with Gasteiger partial charge in [0.05, 0.1) is 6.04 Å². The van der Waals surface area contributed by atoms with Gasteiger partial charge in [0.1, 0.15) is 12.2 Å². The molecule has 6 heteroatoms. The minimum atomic E-state index is -0.381. The zero-order valence-electron chi connectivity index (χ0n) is 12.6. The van der Waals surface area contributed by atoms with E-state index in [9.17, 15) is 4.79 Å². The summed E-state index contributed by atoms with van der Waals surface area (Å²) in [5.41, 5.74) is 6.02. The van der Waals surface area contributed by atoms with Crippen LogP contribution in [0.5, 0.6) is 0 Å². The molecule has 0 saturated carbocycles. The van der Waals surface area contributed by atoms with Crippen LogP contribution in [0.3, 0.4) is 0 Å². The van der Waals surface area contributed by atoms with E-state index in [1.807, 2.05) is 16.5 Å². The average molecular weight is 279 g/mol. The molecule has 2 atom stereocenters. The van der Waals surface area contributed by atoms with Crippen molar-refractivity contribution in [3.8, 4) is 0 Å². The maximum atomic E-state index is 12.4. The molecule has 6 nitrogen and oxygen atoms in total. The number of aromatic nitrogens is 3. The van der Waals surface area contributed by atoms with Gasteiger partial charge in [0.2, 0.25) is 5.91 Å². The van der Waals surface area contributed by atoms with Crippen molar-refractivity contribution < 1.29 is 4.79 Å². The summed E-state index contributed by atoms with van der Waals surface area (Å²) < 4.78 is 1.94. The Morgan fingerprint density at radius 1 is 1.55 bits per heavy atom. The fourth-order valence-electron chi connectivity index (χ4n) is 2.89. The number of nitrogens with zero attached hydrogens (tertiary/aromatic N) is 4. The zero-order valence-corrected chi connectivity index (χ0v) is 12.6. The van der Waals surface area contributed by atoms with Gasteiger partial charge in [-0.2, -0.15) is 0 Å². The average Bonchev–Trinajstić information content (AvgIpc) is 2.83. The van der Waals surface area contributed by atoms with Crippen molar-refractivity contribution in [2.24, 2.45) is 18.7 Å². The monoisotopic (exact) mass is 279 g/mol. The van der Waals surface area contributed by atoms with Crippen LogP contribution in [-0.4, -0.2) is 44.7 Å². The summed E-state index contributed by atoms with van der Waals surface area (Å²) in [4.78, 5) is 14.3. The van der Waals surface area contributed by atoms with Crippen molar-refractivity contribution in [3.63, 3.8) is 0 Å². The molecule has 0 aromatic carbocycles. The first kappa shape index (κ1) is 15.0. The second kappa shape index (κ2) is 6.35. The fraction of sp³-hybridized carbons (Fsp3) is 0.786. The molecule has 1 aromatic heterocycles. The lowest BCUT2D eigenvalue weighted by molar-refractivity contribution is -0.134. The normalized spacial score (nSPS) is 21.2. The lowest BCUT2D eigenvalue weighted by atomic mass is 9.95. The van der Waals surface area contributed by atoms with E-state index < -0.39 is 0 Å². The summed E-state index contributed by atoms with van der Waals surface area (Å²) >= 11 is 0. The lowest BCUT2D eigenvalue weighted by Gasteiger charge is -2.34. The Bertz CT molecular complexity index is 456. The molecule has 112 valence electrons. The van der Waals surface area contributed by atoms with Crippen molar-refractivity contribution >= 4 is 5.91 Å². The fourth-order valence-corrected chi connectivity index (χ4v) is 2.89. The van der Waals surface area contributed by atoms with E-state index in [-0.39, 0.29) is 17.9 Å². The highest BCUT2D eigenvalue weighted by molar-refractivity contribution is 5.81. The van der Waals surface area contributed by atoms with Crippen LogP contribution >= 0.6 is 0 Å². The van der Waals surface area contributed by atoms with Gasteiger partial charge in [0.15, 0.2) is 0 Å². The van der Waals surface area contributed by atoms with E-state index in [0.717, 1.165) is 31.6 Å². The van der Waals surface area contributed by atoms with E-state index in [2.05, 4.69) is 24.0 Å². The summed E-state index contributed by atoms with van der Waals surface area (Å²) in [7, 11) is 1.95. The molecule has 1 aromatic rings. The quantitative estimate of drug-likeness (QED) is 0.888. The smallest absolute Gasteiger partial charge is 0.239 e. The van der Waals surface area contributed by atoms with Gasteiger partial charge in [-0.25, -0.2) is 0 Å². The predicted octanol–water partition coefficient (Wildman–Crippen LogP) is 0.894. The second-order valence-corrected chi connectivity index (χ2v) is 6.16. The third kappa shape index (κ3) is 3.36. The zero-order chi connectivity index (χ0) is 14.7. The number of piperidine rings is 1. The maximum absolute atomic E-state index is 12.4. The molecule has 2 rings (SSSR count). The Morgan fingerprint density at radius 3 is 2.90 bits per heavy atom. The SMILES string of the molecule is CC(C)C[C@H](N)C(=O)N1CCCC(c2nncn2C)C1. The molecule has 1 unspecified atom stereocenters. The molecular weight excluding hydrogens is 254 g/mol. The van der Waals surface area contributed by atoms with Crippen molar-refractivity contribution in [2.75, 3.05) is 13.1 Å². The van der Waals surface area contributed by atoms with E-state index in [1.54, 1.807) is 6.33 Å². The van der Waals surface area contributed by atoms with Gasteiger partial charge in [0.25, 0.3) is 0 Å². The summed E-state index contributed by atoms with van der Waals surface area (Å²) in [5, 5.41) is 8.10. The molecule has 1 aliphatic heterocycles. The van der Waals surface area contributed by atoms with Gasteiger partial charge in [0, 0.05) is 26.1 Å². The van der Waals surface area contributed by atoms with E-state index in [0.29, 0.717) is 12.5 Å². The number of carbonyl (C=O) groups is 1. The van der Waals surface area contributed by atoms with Crippen LogP contribution in [0, 0.1) is 5.92 Å². The van der Waals surface area contributed by atoms with Crippen molar-refractivity contribution in [2.45, 2.75) is 45.1 Å². The van der Waals surface area contributed by atoms with Gasteiger partial charge in [-0.15, -0.1) is 10.2 Å². The predicted molar refractivity (Wildman–Crippen MR) is 77.0 cm³/mol. The van der Waals surface area contributed by atoms with Gasteiger partial charge in [-0.3, -0.25) is 4.79 Å². The van der Waals surface area contributed by atoms with Crippen LogP contribution in [0.2, 0.25) is 0 Å². The Labute approximate surface area is 120 Å². The highest BCUT2D eigenvalue weighted by Crippen LogP contribution is 2.25. The summed E-state index contributed by atoms with van der Waals surface area (Å²) in [5.74, 6) is 1.74. The van der Waals surface area contributed by atoms with Gasteiger partial charge in [-0.1, -0.05) is 13.8 Å². The number of hydrogen-bond acceptors (Lipinski definition) is 4. The van der Waals surface area contributed by atoms with E-state index in [1.165, 1.54) is 0 Å². The van der Waals surface area contributed by atoms with Crippen molar-refractivity contribution in [1.82, 2.24) is 19.7 Å². The molecule has 1 fully saturated rings. The number of rotatable bonds is 4. The molecule has 0 radical (unpaired) electrons. The van der Waals surface area contributed by atoms with Crippen LogP contribution in [0.4, 0.5) is 0 Å². The van der Waals surface area contributed by atoms with E-state index >= 15 is 0 Å². The minimum Gasteiger partial charge on any atom is -0.341 e. The Kier molecular flexibility index (Phi) is 4.75. The van der Waals surface area contributed by atoms with E-state index in [4.69, 9.17) is 5.73 Å². The molecule has 1 saturated heterocycles. The number of nitrogens with two attached hydrogens (primary N) is 1. The van der Waals surface area contributed by atoms with Gasteiger partial charge >= 0.3 is 0 Å². The van der Waals surface area contributed by atoms with Crippen LogP contribution in [0.15, 0.2) is 6.33 Å². The molecule has 1 amide bonds. The molecule has 2 N–H and O–H groups in total. The highest BCUT2D eigenvalue weighted by Gasteiger charge is 2.29. The first-order chi connectivity index (χ1) is 9.49. The molecule has 0 aliphatic carbocycles. The number of carbonyl (C=O) groups excluding carboxylic acids is 1. The lowest BCUT2D eigenvalue weighted by Crippen LogP contribution is -2.48. The molecule has 2 heterocycles. The van der Waals surface area contributed by atoms with Crippen LogP contribution in [0.1, 0.15) is 44.9 Å². The Morgan fingerprint density at radius 2 is 2.30 bits per heavy atom. The number of aryl methyl sites for hydroxylation is 1. The molecule has 0 bridgehead atoms. The Hall–Kier alpha value is -1.43. The third-order valence-corrected chi connectivity index (χ3v) is 3.89. The Balaban J connectivity index is 2.00. The van der Waals surface area contributed by atoms with Gasteiger partial charge < -0.3 is 15.2 Å². The van der Waals surface area contributed by atoms with Crippen LogP contribution in [0.25, 0.3) is 0 Å². The van der Waals surface area contributed by atoms with Crippen molar-refractivity contribution in [3.05, 3.63) is 12.2 Å². The molecular formula is C14H25N5O. The second-order valence-electron chi connectivity index (χ2n) is 6.16. The van der Waals surface area contributed by atoms with Gasteiger partial charge in [-0.05, 0) is 25.2 Å². The van der Waals surface area contributed by atoms with Crippen LogP contribution < -0.4 is 5.73 Å². The third-order valence-electron chi connectivity index (χ3n) is 3.89. The molecule has 20 heavy (non-hydrogen) atoms. The number of likely N-dealkylation sites (tertiary alicyclic amines) is 1. The summed E-state index contributed by atoms with van der Waals surface area (Å²) in [6.45, 7) is 5.69. The first-order valence-electron chi connectivity index (χ1n) is 7.37.